The predicted molar refractivity (Wildman–Crippen MR) is 75.5 cm³/mol. The minimum atomic E-state index is -3.40. The molecule has 2 aliphatic rings. The van der Waals surface area contributed by atoms with Crippen LogP contribution in [0.4, 0.5) is 0 Å². The molecule has 2 rings (SSSR count). The van der Waals surface area contributed by atoms with E-state index in [1.807, 2.05) is 0 Å². The van der Waals surface area contributed by atoms with E-state index in [2.05, 4.69) is 4.72 Å². The van der Waals surface area contributed by atoms with Crippen LogP contribution in [-0.2, 0) is 15.0 Å². The molecule has 1 saturated heterocycles. The van der Waals surface area contributed by atoms with E-state index in [0.717, 1.165) is 25.7 Å². The largest absolute Gasteiger partial charge is 0.481 e. The lowest BCUT2D eigenvalue weighted by Crippen LogP contribution is -2.51. The Kier molecular flexibility index (Phi) is 5.40. The molecule has 7 heteroatoms. The Morgan fingerprint density at radius 3 is 2.20 bits per heavy atom. The van der Waals surface area contributed by atoms with Crippen molar-refractivity contribution >= 4 is 16.2 Å². The normalized spacial score (nSPS) is 29.2. The van der Waals surface area contributed by atoms with Crippen molar-refractivity contribution < 1.29 is 18.3 Å². The molecule has 0 bridgehead atoms. The minimum Gasteiger partial charge on any atom is -0.481 e. The maximum Gasteiger partial charge on any atom is 0.303 e. The van der Waals surface area contributed by atoms with Gasteiger partial charge in [-0.25, -0.2) is 0 Å². The molecule has 2 N–H and O–H groups in total. The molecule has 0 aromatic carbocycles. The Morgan fingerprint density at radius 2 is 1.65 bits per heavy atom. The highest BCUT2D eigenvalue weighted by molar-refractivity contribution is 7.87. The van der Waals surface area contributed by atoms with Gasteiger partial charge in [-0.1, -0.05) is 19.3 Å². The number of hydrogen-bond donors (Lipinski definition) is 2. The molecule has 6 nitrogen and oxygen atoms in total. The second-order valence-corrected chi connectivity index (χ2v) is 7.62. The summed E-state index contributed by atoms with van der Waals surface area (Å²) in [4.78, 5) is 10.6. The molecule has 0 unspecified atom stereocenters. The molecule has 0 atom stereocenters. The van der Waals surface area contributed by atoms with Crippen LogP contribution in [0.3, 0.4) is 0 Å². The first-order chi connectivity index (χ1) is 9.47. The maximum absolute atomic E-state index is 12.3. The standard InChI is InChI=1S/C13H24N2O4S/c16-13(17)10-11-8-12(9-11)14-20(18,19)15-6-4-2-1-3-5-7-15/h11-12,14H,1-10H2,(H,16,17). The van der Waals surface area contributed by atoms with Crippen molar-refractivity contribution in [2.24, 2.45) is 5.92 Å². The van der Waals surface area contributed by atoms with E-state index in [1.165, 1.54) is 6.42 Å². The summed E-state index contributed by atoms with van der Waals surface area (Å²) in [5.41, 5.74) is 0. The smallest absolute Gasteiger partial charge is 0.303 e. The van der Waals surface area contributed by atoms with Crippen molar-refractivity contribution in [1.82, 2.24) is 9.03 Å². The SMILES string of the molecule is O=C(O)CC1CC(NS(=O)(=O)N2CCCCCCC2)C1. The lowest BCUT2D eigenvalue weighted by atomic mass is 9.79. The van der Waals surface area contributed by atoms with Gasteiger partial charge in [0.15, 0.2) is 0 Å². The van der Waals surface area contributed by atoms with Gasteiger partial charge in [-0.15, -0.1) is 0 Å². The van der Waals surface area contributed by atoms with E-state index in [4.69, 9.17) is 5.11 Å². The number of rotatable bonds is 5. The summed E-state index contributed by atoms with van der Waals surface area (Å²) in [5, 5.41) is 8.68. The molecule has 1 saturated carbocycles. The van der Waals surface area contributed by atoms with Crippen LogP contribution in [0.1, 0.15) is 51.4 Å². The van der Waals surface area contributed by atoms with Crippen LogP contribution < -0.4 is 4.72 Å². The Bertz CT molecular complexity index is 424. The van der Waals surface area contributed by atoms with Gasteiger partial charge in [-0.2, -0.15) is 17.4 Å². The van der Waals surface area contributed by atoms with Crippen LogP contribution in [0.15, 0.2) is 0 Å². The average molecular weight is 304 g/mol. The fourth-order valence-corrected chi connectivity index (χ4v) is 4.49. The van der Waals surface area contributed by atoms with E-state index < -0.39 is 16.2 Å². The maximum atomic E-state index is 12.3. The Balaban J connectivity index is 1.80. The summed E-state index contributed by atoms with van der Waals surface area (Å²) in [6.07, 6.45) is 6.65. The summed E-state index contributed by atoms with van der Waals surface area (Å²) in [5.74, 6) is -0.687. The number of carboxylic acid groups (broad SMARTS) is 1. The molecule has 0 spiro atoms. The highest BCUT2D eigenvalue weighted by Crippen LogP contribution is 2.31. The second kappa shape index (κ2) is 6.87. The molecular weight excluding hydrogens is 280 g/mol. The van der Waals surface area contributed by atoms with Gasteiger partial charge >= 0.3 is 5.97 Å². The van der Waals surface area contributed by atoms with Crippen LogP contribution in [0.5, 0.6) is 0 Å². The lowest BCUT2D eigenvalue weighted by molar-refractivity contribution is -0.138. The van der Waals surface area contributed by atoms with Crippen molar-refractivity contribution in [3.8, 4) is 0 Å². The topological polar surface area (TPSA) is 86.7 Å². The van der Waals surface area contributed by atoms with E-state index in [-0.39, 0.29) is 18.4 Å². The average Bonchev–Trinajstić information content (AvgIpc) is 2.23. The molecule has 0 aromatic rings. The summed E-state index contributed by atoms with van der Waals surface area (Å²) in [6.45, 7) is 1.20. The second-order valence-electron chi connectivity index (χ2n) is 5.92. The van der Waals surface area contributed by atoms with Gasteiger partial charge < -0.3 is 5.11 Å². The predicted octanol–water partition coefficient (Wildman–Crippen LogP) is 1.34. The minimum absolute atomic E-state index is 0.0882. The zero-order chi connectivity index (χ0) is 14.6. The summed E-state index contributed by atoms with van der Waals surface area (Å²) in [6, 6.07) is -0.0882. The van der Waals surface area contributed by atoms with E-state index in [0.29, 0.717) is 25.9 Å². The van der Waals surface area contributed by atoms with Crippen LogP contribution in [0.25, 0.3) is 0 Å². The van der Waals surface area contributed by atoms with Crippen LogP contribution in [-0.4, -0.2) is 42.9 Å². The number of carbonyl (C=O) groups is 1. The number of carboxylic acids is 1. The molecule has 1 heterocycles. The van der Waals surface area contributed by atoms with Crippen molar-refractivity contribution in [3.63, 3.8) is 0 Å². The van der Waals surface area contributed by atoms with E-state index >= 15 is 0 Å². The fourth-order valence-electron chi connectivity index (χ4n) is 2.99. The Morgan fingerprint density at radius 1 is 1.10 bits per heavy atom. The molecule has 2 fully saturated rings. The third-order valence-corrected chi connectivity index (χ3v) is 5.85. The number of aliphatic carboxylic acids is 1. The zero-order valence-corrected chi connectivity index (χ0v) is 12.6. The summed E-state index contributed by atoms with van der Waals surface area (Å²) < 4.78 is 28.8. The van der Waals surface area contributed by atoms with Crippen LogP contribution >= 0.6 is 0 Å². The fraction of sp³-hybridized carbons (Fsp3) is 0.923. The van der Waals surface area contributed by atoms with Gasteiger partial charge in [-0.05, 0) is 31.6 Å². The van der Waals surface area contributed by atoms with Gasteiger partial charge in [0.1, 0.15) is 0 Å². The van der Waals surface area contributed by atoms with Gasteiger partial charge in [0.2, 0.25) is 0 Å². The summed E-state index contributed by atoms with van der Waals surface area (Å²) >= 11 is 0. The molecule has 0 aromatic heterocycles. The highest BCUT2D eigenvalue weighted by Gasteiger charge is 2.35. The third-order valence-electron chi connectivity index (χ3n) is 4.17. The molecule has 1 aliphatic carbocycles. The van der Waals surface area contributed by atoms with E-state index in [9.17, 15) is 13.2 Å². The van der Waals surface area contributed by atoms with Gasteiger partial charge in [-0.3, -0.25) is 4.79 Å². The third kappa shape index (κ3) is 4.43. The van der Waals surface area contributed by atoms with Crippen molar-refractivity contribution in [3.05, 3.63) is 0 Å². The van der Waals surface area contributed by atoms with E-state index in [1.54, 1.807) is 4.31 Å². The molecule has 116 valence electrons. The first-order valence-corrected chi connectivity index (χ1v) is 8.90. The molecule has 0 amide bonds. The molecule has 0 radical (unpaired) electrons. The lowest BCUT2D eigenvalue weighted by Gasteiger charge is -2.36. The molecular formula is C13H24N2O4S. The number of hydrogen-bond acceptors (Lipinski definition) is 3. The van der Waals surface area contributed by atoms with Gasteiger partial charge in [0.25, 0.3) is 10.2 Å². The molecule has 1 aliphatic heterocycles. The first kappa shape index (κ1) is 15.7. The molecule has 20 heavy (non-hydrogen) atoms. The quantitative estimate of drug-likeness (QED) is 0.802. The first-order valence-electron chi connectivity index (χ1n) is 7.46. The summed E-state index contributed by atoms with van der Waals surface area (Å²) in [7, 11) is -3.40. The van der Waals surface area contributed by atoms with Crippen LogP contribution in [0, 0.1) is 5.92 Å². The number of nitrogens with one attached hydrogen (secondary N) is 1. The van der Waals surface area contributed by atoms with Crippen molar-refractivity contribution in [1.29, 1.82) is 0 Å². The van der Waals surface area contributed by atoms with Gasteiger partial charge in [0.05, 0.1) is 0 Å². The van der Waals surface area contributed by atoms with Crippen molar-refractivity contribution in [2.45, 2.75) is 57.4 Å². The zero-order valence-electron chi connectivity index (χ0n) is 11.8. The highest BCUT2D eigenvalue weighted by atomic mass is 32.2. The monoisotopic (exact) mass is 304 g/mol. The van der Waals surface area contributed by atoms with Crippen LogP contribution in [0.2, 0.25) is 0 Å². The Hall–Kier alpha value is -0.660. The van der Waals surface area contributed by atoms with Gasteiger partial charge in [0, 0.05) is 25.6 Å². The number of nitrogens with zero attached hydrogens (tertiary/aromatic N) is 1. The Labute approximate surface area is 120 Å². The van der Waals surface area contributed by atoms with Crippen molar-refractivity contribution in [2.75, 3.05) is 13.1 Å².